The van der Waals surface area contributed by atoms with Crippen molar-refractivity contribution in [2.75, 3.05) is 42.3 Å². The molecular weight excluding hydrogens is 430 g/mol. The molecule has 1 aliphatic heterocycles. The van der Waals surface area contributed by atoms with Crippen molar-refractivity contribution in [1.29, 1.82) is 0 Å². The summed E-state index contributed by atoms with van der Waals surface area (Å²) in [5.74, 6) is 1.43. The van der Waals surface area contributed by atoms with Gasteiger partial charge in [0.25, 0.3) is 0 Å². The zero-order chi connectivity index (χ0) is 23.2. The average Bonchev–Trinajstić information content (AvgIpc) is 3.62. The van der Waals surface area contributed by atoms with Gasteiger partial charge in [0.15, 0.2) is 0 Å². The van der Waals surface area contributed by atoms with Crippen molar-refractivity contribution >= 4 is 39.5 Å². The Morgan fingerprint density at radius 2 is 2.03 bits per heavy atom. The Hall–Kier alpha value is -3.72. The van der Waals surface area contributed by atoms with Crippen LogP contribution in [0.1, 0.15) is 19.8 Å². The molecule has 2 aliphatic rings. The molecule has 2 fully saturated rings. The van der Waals surface area contributed by atoms with E-state index in [0.29, 0.717) is 5.82 Å². The van der Waals surface area contributed by atoms with Crippen molar-refractivity contribution in [3.05, 3.63) is 42.9 Å². The molecule has 9 heteroatoms. The fourth-order valence-electron chi connectivity index (χ4n) is 4.53. The number of carbonyl (C=O) groups excluding carboxylic acids is 1. The highest BCUT2D eigenvalue weighted by Gasteiger charge is 2.30. The van der Waals surface area contributed by atoms with E-state index in [1.807, 2.05) is 23.8 Å². The van der Waals surface area contributed by atoms with Gasteiger partial charge in [-0.05, 0) is 44.0 Å². The number of hydrogen-bond donors (Lipinski definition) is 2. The number of rotatable bonds is 5. The number of nitrogens with one attached hydrogen (secondary N) is 2. The van der Waals surface area contributed by atoms with Gasteiger partial charge in [-0.3, -0.25) is 4.79 Å². The lowest BCUT2D eigenvalue weighted by Gasteiger charge is -2.32. The SMILES string of the molecule is CNc1ncc(-c2cc3ccc(N4CCO[C@@H](C)C4)cn3n2)c2cc(NC(=O)C3CC3)ncc12. The standard InChI is InChI=1S/C25H27N7O2/c1-15-13-31(7-8-34-15)18-6-5-17-9-22(30-32(17)14-18)20-11-28-24(26-2)21-12-27-23(10-19(20)21)29-25(33)16-3-4-16/h5-6,9-12,14-16H,3-4,7-8,13H2,1-2H3,(H,26,28)(H,27,29,33)/t15-/m0/s1. The number of anilines is 3. The van der Waals surface area contributed by atoms with Crippen molar-refractivity contribution in [2.24, 2.45) is 5.92 Å². The first-order chi connectivity index (χ1) is 16.6. The fourth-order valence-corrected chi connectivity index (χ4v) is 4.53. The largest absolute Gasteiger partial charge is 0.375 e. The predicted molar refractivity (Wildman–Crippen MR) is 132 cm³/mol. The minimum Gasteiger partial charge on any atom is -0.375 e. The van der Waals surface area contributed by atoms with E-state index in [9.17, 15) is 4.79 Å². The van der Waals surface area contributed by atoms with E-state index < -0.39 is 0 Å². The first-order valence-electron chi connectivity index (χ1n) is 11.7. The molecule has 4 aromatic rings. The minimum absolute atomic E-state index is 0.0361. The van der Waals surface area contributed by atoms with Crippen LogP contribution in [0.5, 0.6) is 0 Å². The minimum atomic E-state index is 0.0361. The van der Waals surface area contributed by atoms with Crippen LogP contribution in [0.25, 0.3) is 27.5 Å². The molecule has 1 amide bonds. The molecule has 9 nitrogen and oxygen atoms in total. The van der Waals surface area contributed by atoms with Crippen molar-refractivity contribution in [1.82, 2.24) is 19.6 Å². The summed E-state index contributed by atoms with van der Waals surface area (Å²) in [7, 11) is 1.84. The predicted octanol–water partition coefficient (Wildman–Crippen LogP) is 3.56. The quantitative estimate of drug-likeness (QED) is 0.473. The third-order valence-electron chi connectivity index (χ3n) is 6.53. The summed E-state index contributed by atoms with van der Waals surface area (Å²) in [5, 5.41) is 12.8. The molecule has 4 aromatic heterocycles. The molecule has 0 radical (unpaired) electrons. The first-order valence-corrected chi connectivity index (χ1v) is 11.7. The van der Waals surface area contributed by atoms with Gasteiger partial charge in [-0.1, -0.05) is 0 Å². The monoisotopic (exact) mass is 457 g/mol. The molecule has 1 aliphatic carbocycles. The van der Waals surface area contributed by atoms with Gasteiger partial charge in [0.2, 0.25) is 5.91 Å². The van der Waals surface area contributed by atoms with Crippen LogP contribution in [0.4, 0.5) is 17.3 Å². The van der Waals surface area contributed by atoms with Gasteiger partial charge in [-0.2, -0.15) is 5.10 Å². The molecule has 1 saturated heterocycles. The topological polar surface area (TPSA) is 96.7 Å². The Labute approximate surface area is 197 Å². The van der Waals surface area contributed by atoms with E-state index in [2.05, 4.69) is 56.8 Å². The van der Waals surface area contributed by atoms with Crippen LogP contribution in [0.15, 0.2) is 42.9 Å². The molecule has 0 unspecified atom stereocenters. The van der Waals surface area contributed by atoms with Crippen LogP contribution < -0.4 is 15.5 Å². The van der Waals surface area contributed by atoms with Crippen LogP contribution in [-0.4, -0.2) is 58.3 Å². The summed E-state index contributed by atoms with van der Waals surface area (Å²) in [4.78, 5) is 23.7. The van der Waals surface area contributed by atoms with E-state index >= 15 is 0 Å². The van der Waals surface area contributed by atoms with Crippen LogP contribution in [-0.2, 0) is 9.53 Å². The number of pyridine rings is 3. The van der Waals surface area contributed by atoms with Crippen molar-refractivity contribution in [2.45, 2.75) is 25.9 Å². The Morgan fingerprint density at radius 3 is 2.82 bits per heavy atom. The van der Waals surface area contributed by atoms with Crippen LogP contribution in [0.3, 0.4) is 0 Å². The van der Waals surface area contributed by atoms with Crippen molar-refractivity contribution in [3.63, 3.8) is 0 Å². The van der Waals surface area contributed by atoms with Gasteiger partial charge in [-0.25, -0.2) is 14.5 Å². The number of ether oxygens (including phenoxy) is 1. The van der Waals surface area contributed by atoms with Crippen LogP contribution >= 0.6 is 0 Å². The van der Waals surface area contributed by atoms with Gasteiger partial charge in [0.1, 0.15) is 11.6 Å². The lowest BCUT2D eigenvalue weighted by Crippen LogP contribution is -2.41. The number of fused-ring (bicyclic) bond motifs is 2. The highest BCUT2D eigenvalue weighted by molar-refractivity contribution is 6.03. The van der Waals surface area contributed by atoms with Crippen molar-refractivity contribution in [3.8, 4) is 11.3 Å². The number of morpholine rings is 1. The molecule has 6 rings (SSSR count). The van der Waals surface area contributed by atoms with E-state index in [1.54, 1.807) is 6.20 Å². The second-order valence-electron chi connectivity index (χ2n) is 9.06. The van der Waals surface area contributed by atoms with Gasteiger partial charge >= 0.3 is 0 Å². The molecule has 0 spiro atoms. The second kappa shape index (κ2) is 8.25. The molecule has 5 heterocycles. The van der Waals surface area contributed by atoms with Gasteiger partial charge in [0.05, 0.1) is 35.8 Å². The Bertz CT molecular complexity index is 1400. The number of aromatic nitrogens is 4. The van der Waals surface area contributed by atoms with Crippen LogP contribution in [0.2, 0.25) is 0 Å². The Balaban J connectivity index is 1.40. The van der Waals surface area contributed by atoms with E-state index in [4.69, 9.17) is 9.84 Å². The normalized spacial score (nSPS) is 18.4. The molecule has 0 bridgehead atoms. The Kier molecular flexibility index (Phi) is 5.06. The summed E-state index contributed by atoms with van der Waals surface area (Å²) in [6.45, 7) is 4.56. The maximum atomic E-state index is 12.3. The first kappa shape index (κ1) is 20.9. The molecular formula is C25H27N7O2. The van der Waals surface area contributed by atoms with E-state index in [-0.39, 0.29) is 17.9 Å². The average molecular weight is 458 g/mol. The number of carbonyl (C=O) groups is 1. The third-order valence-corrected chi connectivity index (χ3v) is 6.53. The summed E-state index contributed by atoms with van der Waals surface area (Å²) in [6, 6.07) is 8.20. The summed E-state index contributed by atoms with van der Waals surface area (Å²) >= 11 is 0. The van der Waals surface area contributed by atoms with Crippen LogP contribution in [0, 0.1) is 5.92 Å². The third kappa shape index (κ3) is 3.81. The van der Waals surface area contributed by atoms with E-state index in [0.717, 1.165) is 71.6 Å². The molecule has 174 valence electrons. The second-order valence-corrected chi connectivity index (χ2v) is 9.06. The number of hydrogen-bond acceptors (Lipinski definition) is 7. The summed E-state index contributed by atoms with van der Waals surface area (Å²) < 4.78 is 7.60. The smallest absolute Gasteiger partial charge is 0.228 e. The molecule has 1 atom stereocenters. The highest BCUT2D eigenvalue weighted by atomic mass is 16.5. The highest BCUT2D eigenvalue weighted by Crippen LogP contribution is 2.34. The molecule has 0 aromatic carbocycles. The lowest BCUT2D eigenvalue weighted by atomic mass is 10.1. The molecule has 34 heavy (non-hydrogen) atoms. The number of amides is 1. The van der Waals surface area contributed by atoms with Crippen molar-refractivity contribution < 1.29 is 9.53 Å². The molecule has 2 N–H and O–H groups in total. The lowest BCUT2D eigenvalue weighted by molar-refractivity contribution is -0.117. The zero-order valence-electron chi connectivity index (χ0n) is 19.3. The summed E-state index contributed by atoms with van der Waals surface area (Å²) in [5.41, 5.74) is 3.84. The fraction of sp³-hybridized carbons (Fsp3) is 0.360. The maximum Gasteiger partial charge on any atom is 0.228 e. The summed E-state index contributed by atoms with van der Waals surface area (Å²) in [6.07, 6.45) is 7.76. The number of nitrogens with zero attached hydrogens (tertiary/aromatic N) is 5. The zero-order valence-corrected chi connectivity index (χ0v) is 19.3. The van der Waals surface area contributed by atoms with Gasteiger partial charge in [-0.15, -0.1) is 0 Å². The van der Waals surface area contributed by atoms with Gasteiger partial charge < -0.3 is 20.3 Å². The van der Waals surface area contributed by atoms with E-state index in [1.165, 1.54) is 0 Å². The maximum absolute atomic E-state index is 12.3. The molecule has 1 saturated carbocycles. The Morgan fingerprint density at radius 1 is 1.15 bits per heavy atom. The van der Waals surface area contributed by atoms with Gasteiger partial charge in [0, 0.05) is 54.8 Å².